The molecule has 0 saturated carbocycles. The maximum atomic E-state index is 11.4. The average molecular weight is 188 g/mol. The van der Waals surface area contributed by atoms with Gasteiger partial charge in [0.1, 0.15) is 0 Å². The van der Waals surface area contributed by atoms with E-state index in [2.05, 4.69) is 26.0 Å². The molecule has 0 spiro atoms. The fourth-order valence-electron chi connectivity index (χ4n) is 2.02. The van der Waals surface area contributed by atoms with Crippen molar-refractivity contribution in [1.29, 1.82) is 0 Å². The normalized spacial score (nSPS) is 16.9. The highest BCUT2D eigenvalue weighted by atomic mass is 16.1. The smallest absolute Gasteiger partial charge is 0.163 e. The Hall–Kier alpha value is -1.11. The van der Waals surface area contributed by atoms with E-state index >= 15 is 0 Å². The van der Waals surface area contributed by atoms with E-state index in [-0.39, 0.29) is 0 Å². The van der Waals surface area contributed by atoms with Crippen LogP contribution in [-0.4, -0.2) is 5.78 Å². The lowest BCUT2D eigenvalue weighted by Gasteiger charge is -2.10. The lowest BCUT2D eigenvalue weighted by Crippen LogP contribution is -1.95. The maximum absolute atomic E-state index is 11.4. The van der Waals surface area contributed by atoms with E-state index in [0.717, 1.165) is 18.4 Å². The summed E-state index contributed by atoms with van der Waals surface area (Å²) in [5.74, 6) is 0.923. The van der Waals surface area contributed by atoms with Gasteiger partial charge in [-0.3, -0.25) is 4.79 Å². The first-order valence-electron chi connectivity index (χ1n) is 5.38. The van der Waals surface area contributed by atoms with Gasteiger partial charge in [0.15, 0.2) is 5.78 Å². The van der Waals surface area contributed by atoms with Gasteiger partial charge in [0.05, 0.1) is 0 Å². The van der Waals surface area contributed by atoms with Crippen LogP contribution in [0.5, 0.6) is 0 Å². The zero-order valence-electron chi connectivity index (χ0n) is 8.84. The van der Waals surface area contributed by atoms with Crippen LogP contribution in [0.3, 0.4) is 0 Å². The van der Waals surface area contributed by atoms with Crippen LogP contribution < -0.4 is 0 Å². The van der Waals surface area contributed by atoms with Crippen molar-refractivity contribution in [3.05, 3.63) is 34.9 Å². The molecule has 0 radical (unpaired) electrons. The predicted octanol–water partition coefficient (Wildman–Crippen LogP) is 3.33. The van der Waals surface area contributed by atoms with Crippen LogP contribution in [0.15, 0.2) is 18.2 Å². The number of rotatable bonds is 2. The van der Waals surface area contributed by atoms with Crippen LogP contribution in [0.25, 0.3) is 0 Å². The Morgan fingerprint density at radius 3 is 2.86 bits per heavy atom. The number of Topliss-reactive ketones (excluding diaryl/α,β-unsaturated/α-hetero) is 1. The van der Waals surface area contributed by atoms with E-state index in [1.165, 1.54) is 11.1 Å². The molecule has 1 atom stereocenters. The van der Waals surface area contributed by atoms with Gasteiger partial charge in [-0.25, -0.2) is 0 Å². The largest absolute Gasteiger partial charge is 0.294 e. The lowest BCUT2D eigenvalue weighted by atomic mass is 9.95. The number of ketones is 1. The van der Waals surface area contributed by atoms with Gasteiger partial charge in [0, 0.05) is 12.0 Å². The molecule has 0 heterocycles. The second-order valence-electron chi connectivity index (χ2n) is 4.15. The van der Waals surface area contributed by atoms with Crippen LogP contribution >= 0.6 is 0 Å². The second kappa shape index (κ2) is 3.56. The first kappa shape index (κ1) is 9.45. The molecule has 1 heteroatoms. The van der Waals surface area contributed by atoms with Crippen LogP contribution in [0, 0.1) is 0 Å². The molecule has 0 aromatic heterocycles. The average Bonchev–Trinajstić information content (AvgIpc) is 2.59. The summed E-state index contributed by atoms with van der Waals surface area (Å²) in [5, 5.41) is 0. The van der Waals surface area contributed by atoms with Gasteiger partial charge in [0.2, 0.25) is 0 Å². The minimum Gasteiger partial charge on any atom is -0.294 e. The molecule has 0 amide bonds. The Morgan fingerprint density at radius 2 is 2.14 bits per heavy atom. The molecular weight excluding hydrogens is 172 g/mol. The van der Waals surface area contributed by atoms with Gasteiger partial charge in [-0.05, 0) is 29.9 Å². The predicted molar refractivity (Wildman–Crippen MR) is 57.8 cm³/mol. The summed E-state index contributed by atoms with van der Waals surface area (Å²) in [6.45, 7) is 4.43. The molecule has 1 aliphatic rings. The number of fused-ring (bicyclic) bond motifs is 1. The third kappa shape index (κ3) is 1.47. The zero-order chi connectivity index (χ0) is 10.1. The van der Waals surface area contributed by atoms with E-state index in [0.29, 0.717) is 18.1 Å². The molecule has 14 heavy (non-hydrogen) atoms. The summed E-state index contributed by atoms with van der Waals surface area (Å²) in [4.78, 5) is 11.4. The number of benzene rings is 1. The van der Waals surface area contributed by atoms with E-state index < -0.39 is 0 Å². The van der Waals surface area contributed by atoms with Crippen molar-refractivity contribution >= 4 is 5.78 Å². The summed E-state index contributed by atoms with van der Waals surface area (Å²) in [5.41, 5.74) is 3.59. The number of hydrogen-bond donors (Lipinski definition) is 0. The van der Waals surface area contributed by atoms with Crippen molar-refractivity contribution in [3.63, 3.8) is 0 Å². The highest BCUT2D eigenvalue weighted by Crippen LogP contribution is 2.27. The van der Waals surface area contributed by atoms with Crippen LogP contribution in [0.1, 0.15) is 54.1 Å². The van der Waals surface area contributed by atoms with Crippen molar-refractivity contribution in [2.75, 3.05) is 0 Å². The first-order chi connectivity index (χ1) is 6.72. The molecule has 0 fully saturated rings. The minimum atomic E-state index is 0.315. The first-order valence-corrected chi connectivity index (χ1v) is 5.38. The third-order valence-electron chi connectivity index (χ3n) is 3.23. The Bertz CT molecular complexity index is 365. The van der Waals surface area contributed by atoms with Crippen molar-refractivity contribution in [1.82, 2.24) is 0 Å². The van der Waals surface area contributed by atoms with Crippen LogP contribution in [0.4, 0.5) is 0 Å². The Kier molecular flexibility index (Phi) is 2.40. The highest BCUT2D eigenvalue weighted by Gasteiger charge is 2.19. The fraction of sp³-hybridized carbons (Fsp3) is 0.462. The fourth-order valence-corrected chi connectivity index (χ4v) is 2.02. The summed E-state index contributed by atoms with van der Waals surface area (Å²) in [6.07, 6.45) is 2.81. The van der Waals surface area contributed by atoms with E-state index in [1.807, 2.05) is 6.07 Å². The number of carbonyl (C=O) groups is 1. The van der Waals surface area contributed by atoms with Crippen molar-refractivity contribution in [2.45, 2.75) is 39.0 Å². The van der Waals surface area contributed by atoms with Gasteiger partial charge in [0.25, 0.3) is 0 Å². The summed E-state index contributed by atoms with van der Waals surface area (Å²) >= 11 is 0. The molecule has 1 aromatic carbocycles. The molecular formula is C13H16O. The topological polar surface area (TPSA) is 17.1 Å². The Morgan fingerprint density at radius 1 is 1.36 bits per heavy atom. The van der Waals surface area contributed by atoms with Gasteiger partial charge >= 0.3 is 0 Å². The summed E-state index contributed by atoms with van der Waals surface area (Å²) in [6, 6.07) is 6.33. The van der Waals surface area contributed by atoms with Gasteiger partial charge in [-0.1, -0.05) is 32.0 Å². The Balaban J connectivity index is 2.37. The highest BCUT2D eigenvalue weighted by molar-refractivity contribution is 6.00. The molecule has 2 rings (SSSR count). The van der Waals surface area contributed by atoms with E-state index in [9.17, 15) is 4.79 Å². The third-order valence-corrected chi connectivity index (χ3v) is 3.23. The summed E-state index contributed by atoms with van der Waals surface area (Å²) in [7, 11) is 0. The molecule has 0 aliphatic heterocycles. The minimum absolute atomic E-state index is 0.315. The van der Waals surface area contributed by atoms with E-state index in [1.54, 1.807) is 0 Å². The molecule has 0 bridgehead atoms. The van der Waals surface area contributed by atoms with Gasteiger partial charge < -0.3 is 0 Å². The van der Waals surface area contributed by atoms with Gasteiger partial charge in [-0.15, -0.1) is 0 Å². The number of carbonyl (C=O) groups excluding carboxylic acids is 1. The molecule has 1 aromatic rings. The lowest BCUT2D eigenvalue weighted by molar-refractivity contribution is 0.0994. The van der Waals surface area contributed by atoms with Crippen LogP contribution in [0.2, 0.25) is 0 Å². The number of aryl methyl sites for hydroxylation is 1. The van der Waals surface area contributed by atoms with Crippen molar-refractivity contribution in [3.8, 4) is 0 Å². The maximum Gasteiger partial charge on any atom is 0.163 e. The molecule has 0 N–H and O–H groups in total. The molecule has 1 unspecified atom stereocenters. The second-order valence-corrected chi connectivity index (χ2v) is 4.15. The SMILES string of the molecule is CCC(C)c1ccc2c(c1)CCC2=O. The number of hydrogen-bond acceptors (Lipinski definition) is 1. The quantitative estimate of drug-likeness (QED) is 0.695. The van der Waals surface area contributed by atoms with Gasteiger partial charge in [-0.2, -0.15) is 0 Å². The molecule has 1 nitrogen and oxygen atoms in total. The van der Waals surface area contributed by atoms with E-state index in [4.69, 9.17) is 0 Å². The summed E-state index contributed by atoms with van der Waals surface area (Å²) < 4.78 is 0. The molecule has 1 aliphatic carbocycles. The molecule has 74 valence electrons. The van der Waals surface area contributed by atoms with Crippen molar-refractivity contribution < 1.29 is 4.79 Å². The molecule has 0 saturated heterocycles. The Labute approximate surface area is 85.1 Å². The standard InChI is InChI=1S/C13H16O/c1-3-9(2)10-4-6-12-11(8-10)5-7-13(12)14/h4,6,8-9H,3,5,7H2,1-2H3. The zero-order valence-corrected chi connectivity index (χ0v) is 8.84. The monoisotopic (exact) mass is 188 g/mol. The van der Waals surface area contributed by atoms with Crippen molar-refractivity contribution in [2.24, 2.45) is 0 Å². The van der Waals surface area contributed by atoms with Crippen LogP contribution in [-0.2, 0) is 6.42 Å².